The van der Waals surface area contributed by atoms with Gasteiger partial charge in [-0.05, 0) is 58.4 Å². The van der Waals surface area contributed by atoms with E-state index in [4.69, 9.17) is 9.47 Å². The SMILES string of the molecule is Cc1[nH]c(CN2C(=O)O[C@H](c3cc(C(F)(F)F)cc(C(F)(F)F)c3)[C@@H]2C)c(C(F)(F)F)c1C(=O)OC(C)(C)C. The molecule has 1 aliphatic rings. The quantitative estimate of drug-likeness (QED) is 0.305. The van der Waals surface area contributed by atoms with E-state index >= 15 is 0 Å². The number of nitrogens with one attached hydrogen (secondary N) is 1. The third-order valence-corrected chi connectivity index (χ3v) is 5.81. The number of halogens is 9. The number of hydrogen-bond donors (Lipinski definition) is 1. The minimum Gasteiger partial charge on any atom is -0.456 e. The fraction of sp³-hybridized carbons (Fsp3) is 0.500. The van der Waals surface area contributed by atoms with E-state index in [1.165, 1.54) is 34.6 Å². The fourth-order valence-corrected chi connectivity index (χ4v) is 4.18. The van der Waals surface area contributed by atoms with Gasteiger partial charge in [0.2, 0.25) is 0 Å². The van der Waals surface area contributed by atoms with Gasteiger partial charge in [-0.3, -0.25) is 4.90 Å². The van der Waals surface area contributed by atoms with Crippen LogP contribution in [0.15, 0.2) is 18.2 Å². The van der Waals surface area contributed by atoms with Crippen LogP contribution in [-0.4, -0.2) is 33.6 Å². The smallest absolute Gasteiger partial charge is 0.419 e. The van der Waals surface area contributed by atoms with Gasteiger partial charge in [-0.15, -0.1) is 0 Å². The van der Waals surface area contributed by atoms with Crippen molar-refractivity contribution >= 4 is 12.1 Å². The first-order chi connectivity index (χ1) is 17.5. The standard InChI is InChI=1S/C24H23F9N2O4/c1-10-16(19(36)39-21(3,4)5)17(24(31,32)33)15(34-10)9-35-11(2)18(38-20(35)37)12-6-13(22(25,26)27)8-14(7-12)23(28,29)30/h6-8,11,18,34H,9H2,1-5H3/t11-,18-/m0/s1. The predicted molar refractivity (Wildman–Crippen MR) is 116 cm³/mol. The zero-order valence-electron chi connectivity index (χ0n) is 21.1. The normalized spacial score (nSPS) is 18.9. The molecular formula is C24H23F9N2O4. The van der Waals surface area contributed by atoms with Crippen molar-refractivity contribution in [3.63, 3.8) is 0 Å². The Bertz CT molecular complexity index is 1240. The Morgan fingerprint density at radius 3 is 1.90 bits per heavy atom. The van der Waals surface area contributed by atoms with Gasteiger partial charge in [0.25, 0.3) is 0 Å². The van der Waals surface area contributed by atoms with Crippen LogP contribution < -0.4 is 0 Å². The molecule has 6 nitrogen and oxygen atoms in total. The molecule has 0 aliphatic carbocycles. The molecule has 39 heavy (non-hydrogen) atoms. The molecule has 2 atom stereocenters. The minimum absolute atomic E-state index is 0.0990. The first-order valence-electron chi connectivity index (χ1n) is 11.3. The number of rotatable bonds is 4. The maximum Gasteiger partial charge on any atom is 0.419 e. The van der Waals surface area contributed by atoms with Crippen LogP contribution in [0.3, 0.4) is 0 Å². The number of hydrogen-bond acceptors (Lipinski definition) is 4. The number of carbonyl (C=O) groups excluding carboxylic acids is 2. The Morgan fingerprint density at radius 1 is 0.949 bits per heavy atom. The van der Waals surface area contributed by atoms with E-state index < -0.39 is 88.4 Å². The molecule has 0 radical (unpaired) electrons. The summed E-state index contributed by atoms with van der Waals surface area (Å²) in [6.07, 6.45) is -18.4. The number of amides is 1. The average Bonchev–Trinajstić information content (AvgIpc) is 3.22. The molecule has 1 N–H and O–H groups in total. The summed E-state index contributed by atoms with van der Waals surface area (Å²) in [6.45, 7) is 5.86. The van der Waals surface area contributed by atoms with Gasteiger partial charge >= 0.3 is 30.6 Å². The van der Waals surface area contributed by atoms with Gasteiger partial charge in [-0.2, -0.15) is 39.5 Å². The second-order valence-corrected chi connectivity index (χ2v) is 9.99. The number of nitrogens with zero attached hydrogens (tertiary/aromatic N) is 1. The molecule has 0 unspecified atom stereocenters. The largest absolute Gasteiger partial charge is 0.456 e. The second kappa shape index (κ2) is 9.66. The zero-order valence-corrected chi connectivity index (χ0v) is 21.1. The van der Waals surface area contributed by atoms with Gasteiger partial charge in [0.05, 0.1) is 34.8 Å². The summed E-state index contributed by atoms with van der Waals surface area (Å²) in [6, 6.07) is -0.628. The van der Waals surface area contributed by atoms with Crippen molar-refractivity contribution in [2.45, 2.75) is 77.4 Å². The monoisotopic (exact) mass is 574 g/mol. The highest BCUT2D eigenvalue weighted by molar-refractivity contribution is 5.93. The number of cyclic esters (lactones) is 1. The zero-order chi connectivity index (χ0) is 29.9. The van der Waals surface area contributed by atoms with Gasteiger partial charge < -0.3 is 14.5 Å². The summed E-state index contributed by atoms with van der Waals surface area (Å²) >= 11 is 0. The number of aryl methyl sites for hydroxylation is 1. The average molecular weight is 574 g/mol. The van der Waals surface area contributed by atoms with Crippen LogP contribution in [0.5, 0.6) is 0 Å². The Hall–Kier alpha value is -3.39. The highest BCUT2D eigenvalue weighted by Gasteiger charge is 2.46. The topological polar surface area (TPSA) is 71.6 Å². The van der Waals surface area contributed by atoms with E-state index in [1.807, 2.05) is 0 Å². The van der Waals surface area contributed by atoms with Crippen molar-refractivity contribution in [3.05, 3.63) is 57.4 Å². The van der Waals surface area contributed by atoms with Crippen LogP contribution in [-0.2, 0) is 34.5 Å². The highest BCUT2D eigenvalue weighted by atomic mass is 19.4. The van der Waals surface area contributed by atoms with Crippen LogP contribution in [0, 0.1) is 6.92 Å². The number of H-pyrrole nitrogens is 1. The van der Waals surface area contributed by atoms with Crippen molar-refractivity contribution in [3.8, 4) is 0 Å². The summed E-state index contributed by atoms with van der Waals surface area (Å²) in [4.78, 5) is 28.2. The van der Waals surface area contributed by atoms with Crippen molar-refractivity contribution in [2.75, 3.05) is 0 Å². The first kappa shape index (κ1) is 30.2. The molecule has 1 aromatic carbocycles. The summed E-state index contributed by atoms with van der Waals surface area (Å²) in [5.74, 6) is -1.28. The lowest BCUT2D eigenvalue weighted by molar-refractivity contribution is -0.143. The lowest BCUT2D eigenvalue weighted by Crippen LogP contribution is -2.32. The van der Waals surface area contributed by atoms with Gasteiger partial charge in [-0.1, -0.05) is 0 Å². The van der Waals surface area contributed by atoms with Crippen molar-refractivity contribution < 1.29 is 58.6 Å². The number of esters is 1. The van der Waals surface area contributed by atoms with E-state index in [0.29, 0.717) is 17.0 Å². The molecule has 1 aromatic heterocycles. The summed E-state index contributed by atoms with van der Waals surface area (Å²) in [7, 11) is 0. The van der Waals surface area contributed by atoms with E-state index in [1.54, 1.807) is 0 Å². The van der Waals surface area contributed by atoms with Gasteiger partial charge in [0.15, 0.2) is 0 Å². The number of alkyl halides is 9. The Kier molecular flexibility index (Phi) is 7.47. The lowest BCUT2D eigenvalue weighted by atomic mass is 9.97. The van der Waals surface area contributed by atoms with E-state index in [9.17, 15) is 49.1 Å². The third-order valence-electron chi connectivity index (χ3n) is 5.81. The van der Waals surface area contributed by atoms with Gasteiger partial charge in [-0.25, -0.2) is 9.59 Å². The van der Waals surface area contributed by atoms with E-state index in [-0.39, 0.29) is 11.8 Å². The number of carbonyl (C=O) groups is 2. The fourth-order valence-electron chi connectivity index (χ4n) is 4.18. The molecule has 0 saturated carbocycles. The predicted octanol–water partition coefficient (Wildman–Crippen LogP) is 7.42. The molecule has 3 rings (SSSR count). The number of ether oxygens (including phenoxy) is 2. The van der Waals surface area contributed by atoms with E-state index in [0.717, 1.165) is 0 Å². The van der Waals surface area contributed by atoms with Crippen LogP contribution in [0.2, 0.25) is 0 Å². The second-order valence-electron chi connectivity index (χ2n) is 9.99. The number of benzene rings is 1. The van der Waals surface area contributed by atoms with Gasteiger partial charge in [0, 0.05) is 11.4 Å². The van der Waals surface area contributed by atoms with Crippen molar-refractivity contribution in [2.24, 2.45) is 0 Å². The third kappa shape index (κ3) is 6.44. The van der Waals surface area contributed by atoms with Crippen LogP contribution in [0.4, 0.5) is 44.3 Å². The molecule has 0 bridgehead atoms. The number of aromatic nitrogens is 1. The maximum absolute atomic E-state index is 14.1. The Labute approximate surface area is 216 Å². The molecule has 0 spiro atoms. The number of aromatic amines is 1. The van der Waals surface area contributed by atoms with Gasteiger partial charge in [0.1, 0.15) is 11.7 Å². The van der Waals surface area contributed by atoms with E-state index in [2.05, 4.69) is 4.98 Å². The van der Waals surface area contributed by atoms with Crippen molar-refractivity contribution in [1.29, 1.82) is 0 Å². The molecule has 1 amide bonds. The Morgan fingerprint density at radius 2 is 1.46 bits per heavy atom. The first-order valence-corrected chi connectivity index (χ1v) is 11.3. The Balaban J connectivity index is 2.02. The minimum atomic E-state index is -5.16. The van der Waals surface area contributed by atoms with Crippen LogP contribution in [0.25, 0.3) is 0 Å². The lowest BCUT2D eigenvalue weighted by Gasteiger charge is -2.23. The highest BCUT2D eigenvalue weighted by Crippen LogP contribution is 2.42. The molecule has 1 fully saturated rings. The van der Waals surface area contributed by atoms with Crippen molar-refractivity contribution in [1.82, 2.24) is 9.88 Å². The molecule has 2 heterocycles. The summed E-state index contributed by atoms with van der Waals surface area (Å²) in [5.41, 5.74) is -8.18. The maximum atomic E-state index is 14.1. The summed E-state index contributed by atoms with van der Waals surface area (Å²) in [5, 5.41) is 0. The molecule has 2 aromatic rings. The molecule has 15 heteroatoms. The molecule has 1 aliphatic heterocycles. The van der Waals surface area contributed by atoms with Crippen LogP contribution in [0.1, 0.15) is 77.8 Å². The molecule has 1 saturated heterocycles. The molecule has 216 valence electrons. The summed E-state index contributed by atoms with van der Waals surface area (Å²) < 4.78 is 132. The van der Waals surface area contributed by atoms with Crippen LogP contribution >= 0.6 is 0 Å². The molecular weight excluding hydrogens is 551 g/mol.